The summed E-state index contributed by atoms with van der Waals surface area (Å²) in [5.74, 6) is 0.0839. The molecule has 1 fully saturated rings. The van der Waals surface area contributed by atoms with E-state index in [2.05, 4.69) is 5.32 Å². The van der Waals surface area contributed by atoms with Crippen LogP contribution in [0.2, 0.25) is 5.02 Å². The van der Waals surface area contributed by atoms with Gasteiger partial charge < -0.3 is 15.5 Å². The number of amides is 1. The average molecular weight is 401 g/mol. The van der Waals surface area contributed by atoms with Gasteiger partial charge in [-0.2, -0.15) is 5.26 Å². The number of rotatable bonds is 6. The number of carbonyl (C=O) groups is 1. The van der Waals surface area contributed by atoms with Gasteiger partial charge in [0.1, 0.15) is 23.6 Å². The van der Waals surface area contributed by atoms with Crippen LogP contribution >= 0.6 is 11.6 Å². The molecule has 0 atom stereocenters. The van der Waals surface area contributed by atoms with Crippen molar-refractivity contribution in [3.05, 3.63) is 40.9 Å². The number of ether oxygens (including phenoxy) is 1. The van der Waals surface area contributed by atoms with E-state index in [0.717, 1.165) is 0 Å². The molecule has 0 radical (unpaired) electrons. The monoisotopic (exact) mass is 400 g/mol. The zero-order valence-electron chi connectivity index (χ0n) is 16.7. The van der Waals surface area contributed by atoms with Gasteiger partial charge in [-0.25, -0.2) is 0 Å². The fourth-order valence-corrected chi connectivity index (χ4v) is 4.30. The van der Waals surface area contributed by atoms with E-state index in [4.69, 9.17) is 32.4 Å². The number of nitrogens with one attached hydrogen (secondary N) is 3. The molecule has 7 heteroatoms. The lowest BCUT2D eigenvalue weighted by molar-refractivity contribution is -0.171. The van der Waals surface area contributed by atoms with Crippen molar-refractivity contribution in [3.63, 3.8) is 0 Å². The Balaban J connectivity index is 2.14. The molecule has 1 aromatic carbocycles. The molecule has 1 aliphatic rings. The molecule has 6 nitrogen and oxygen atoms in total. The molecule has 3 N–H and O–H groups in total. The standard InChI is InChI=1S/C21H25ClN4O2/c1-12(24)6-9-16(25)17(27)26-18-20(2,3)19(21(18,4)5)28-14-8-7-13(11-23)15(22)10-14/h6-10,18-19,24-25H,1-5H3,(H,26,27)/b9-6-,24-12?,25-16?/t18-,19-. The number of allylic oxidation sites excluding steroid dienone is 1. The molecule has 1 saturated carbocycles. The molecule has 0 unspecified atom stereocenters. The molecule has 148 valence electrons. The van der Waals surface area contributed by atoms with Gasteiger partial charge in [0.25, 0.3) is 5.91 Å². The van der Waals surface area contributed by atoms with Crippen molar-refractivity contribution in [1.29, 1.82) is 16.1 Å². The first kappa shape index (κ1) is 21.6. The molecule has 0 aliphatic heterocycles. The van der Waals surface area contributed by atoms with Gasteiger partial charge in [0, 0.05) is 28.6 Å². The van der Waals surface area contributed by atoms with Gasteiger partial charge in [-0.1, -0.05) is 39.3 Å². The van der Waals surface area contributed by atoms with Crippen LogP contribution in [0.3, 0.4) is 0 Å². The second kappa shape index (κ2) is 7.76. The van der Waals surface area contributed by atoms with E-state index in [1.807, 2.05) is 33.8 Å². The molecule has 2 rings (SSSR count). The topological polar surface area (TPSA) is 110 Å². The number of hydrogen-bond donors (Lipinski definition) is 3. The average Bonchev–Trinajstić information content (AvgIpc) is 2.61. The second-order valence-electron chi connectivity index (χ2n) is 8.23. The summed E-state index contributed by atoms with van der Waals surface area (Å²) in [6.45, 7) is 9.58. The van der Waals surface area contributed by atoms with E-state index in [-0.39, 0.29) is 34.4 Å². The molecule has 1 aromatic rings. The fourth-order valence-electron chi connectivity index (χ4n) is 4.09. The number of nitriles is 1. The Morgan fingerprint density at radius 3 is 2.36 bits per heavy atom. The van der Waals surface area contributed by atoms with E-state index < -0.39 is 5.91 Å². The minimum atomic E-state index is -0.483. The Labute approximate surface area is 170 Å². The molecule has 0 bridgehead atoms. The van der Waals surface area contributed by atoms with Crippen molar-refractivity contribution in [2.45, 2.75) is 46.8 Å². The van der Waals surface area contributed by atoms with Crippen molar-refractivity contribution < 1.29 is 9.53 Å². The van der Waals surface area contributed by atoms with E-state index in [9.17, 15) is 4.79 Å². The van der Waals surface area contributed by atoms with E-state index in [0.29, 0.717) is 16.3 Å². The lowest BCUT2D eigenvalue weighted by Gasteiger charge is -2.63. The Kier molecular flexibility index (Phi) is 6.00. The van der Waals surface area contributed by atoms with Crippen LogP contribution in [0.25, 0.3) is 0 Å². The Morgan fingerprint density at radius 2 is 1.86 bits per heavy atom. The number of hydrogen-bond acceptors (Lipinski definition) is 5. The third-order valence-corrected chi connectivity index (χ3v) is 5.49. The summed E-state index contributed by atoms with van der Waals surface area (Å²) in [4.78, 5) is 12.4. The van der Waals surface area contributed by atoms with Gasteiger partial charge in [0.2, 0.25) is 0 Å². The Bertz CT molecular complexity index is 880. The summed E-state index contributed by atoms with van der Waals surface area (Å²) < 4.78 is 6.17. The number of nitrogens with zero attached hydrogens (tertiary/aromatic N) is 1. The normalized spacial score (nSPS) is 22.0. The van der Waals surface area contributed by atoms with E-state index in [1.54, 1.807) is 25.1 Å². The van der Waals surface area contributed by atoms with Crippen molar-refractivity contribution in [3.8, 4) is 11.8 Å². The van der Waals surface area contributed by atoms with Crippen molar-refractivity contribution >= 4 is 28.9 Å². The van der Waals surface area contributed by atoms with Crippen LogP contribution in [0.15, 0.2) is 30.4 Å². The van der Waals surface area contributed by atoms with E-state index >= 15 is 0 Å². The number of benzene rings is 1. The summed E-state index contributed by atoms with van der Waals surface area (Å²) in [5.41, 5.74) is -0.307. The van der Waals surface area contributed by atoms with Crippen molar-refractivity contribution in [2.75, 3.05) is 0 Å². The lowest BCUT2D eigenvalue weighted by atomic mass is 9.49. The molecular formula is C21H25ClN4O2. The highest BCUT2D eigenvalue weighted by Crippen LogP contribution is 2.55. The highest BCUT2D eigenvalue weighted by molar-refractivity contribution is 6.42. The van der Waals surface area contributed by atoms with Gasteiger partial charge in [0.05, 0.1) is 10.6 Å². The van der Waals surface area contributed by atoms with Crippen LogP contribution < -0.4 is 10.1 Å². The molecular weight excluding hydrogens is 376 g/mol. The highest BCUT2D eigenvalue weighted by atomic mass is 35.5. The van der Waals surface area contributed by atoms with Gasteiger partial charge in [0.15, 0.2) is 0 Å². The third kappa shape index (κ3) is 4.10. The maximum absolute atomic E-state index is 12.4. The molecule has 0 saturated heterocycles. The van der Waals surface area contributed by atoms with Gasteiger partial charge in [-0.3, -0.25) is 10.2 Å². The first-order valence-corrected chi connectivity index (χ1v) is 9.28. The summed E-state index contributed by atoms with van der Waals surface area (Å²) in [6.07, 6.45) is 2.53. The molecule has 0 aromatic heterocycles. The van der Waals surface area contributed by atoms with Crippen LogP contribution in [0, 0.1) is 33.0 Å². The largest absolute Gasteiger partial charge is 0.489 e. The van der Waals surface area contributed by atoms with Crippen LogP contribution in [-0.4, -0.2) is 29.5 Å². The highest BCUT2D eigenvalue weighted by Gasteiger charge is 2.64. The Hall–Kier alpha value is -2.65. The fraction of sp³-hybridized carbons (Fsp3) is 0.429. The van der Waals surface area contributed by atoms with Crippen LogP contribution in [0.1, 0.15) is 40.2 Å². The summed E-state index contributed by atoms with van der Waals surface area (Å²) in [5, 5.41) is 27.5. The smallest absolute Gasteiger partial charge is 0.269 e. The zero-order valence-corrected chi connectivity index (χ0v) is 17.4. The number of carbonyl (C=O) groups excluding carboxylic acids is 1. The Morgan fingerprint density at radius 1 is 1.25 bits per heavy atom. The lowest BCUT2D eigenvalue weighted by Crippen LogP contribution is -2.75. The van der Waals surface area contributed by atoms with Crippen LogP contribution in [0.4, 0.5) is 0 Å². The predicted molar refractivity (Wildman–Crippen MR) is 110 cm³/mol. The van der Waals surface area contributed by atoms with Crippen LogP contribution in [-0.2, 0) is 4.79 Å². The zero-order chi connectivity index (χ0) is 21.3. The SMILES string of the molecule is CC(=N)/C=C\C(=N)C(=O)N[C@H]1C(C)(C)[C@H](Oc2ccc(C#N)c(Cl)c2)C1(C)C. The molecule has 0 heterocycles. The minimum absolute atomic E-state index is 0.193. The third-order valence-electron chi connectivity index (χ3n) is 5.17. The maximum atomic E-state index is 12.4. The molecule has 0 spiro atoms. The predicted octanol–water partition coefficient (Wildman–Crippen LogP) is 4.13. The summed E-state index contributed by atoms with van der Waals surface area (Å²) in [6, 6.07) is 6.77. The first-order chi connectivity index (χ1) is 12.9. The quantitative estimate of drug-likeness (QED) is 0.624. The van der Waals surface area contributed by atoms with Crippen molar-refractivity contribution in [2.24, 2.45) is 10.8 Å². The van der Waals surface area contributed by atoms with Crippen LogP contribution in [0.5, 0.6) is 5.75 Å². The van der Waals surface area contributed by atoms with E-state index in [1.165, 1.54) is 12.2 Å². The van der Waals surface area contributed by atoms with Gasteiger partial charge in [-0.05, 0) is 31.2 Å². The minimum Gasteiger partial charge on any atom is -0.489 e. The number of halogens is 1. The maximum Gasteiger partial charge on any atom is 0.269 e. The summed E-state index contributed by atoms with van der Waals surface area (Å²) >= 11 is 6.10. The second-order valence-corrected chi connectivity index (χ2v) is 8.64. The van der Waals surface area contributed by atoms with Gasteiger partial charge >= 0.3 is 0 Å². The first-order valence-electron chi connectivity index (χ1n) is 8.90. The van der Waals surface area contributed by atoms with Gasteiger partial charge in [-0.15, -0.1) is 0 Å². The summed E-state index contributed by atoms with van der Waals surface area (Å²) in [7, 11) is 0. The van der Waals surface area contributed by atoms with Crippen molar-refractivity contribution in [1.82, 2.24) is 5.32 Å². The molecule has 1 amide bonds. The molecule has 28 heavy (non-hydrogen) atoms. The molecule has 1 aliphatic carbocycles.